The second-order valence-electron chi connectivity index (χ2n) is 6.46. The van der Waals surface area contributed by atoms with Crippen LogP contribution < -0.4 is 15.2 Å². The summed E-state index contributed by atoms with van der Waals surface area (Å²) in [6.45, 7) is 5.13. The Morgan fingerprint density at radius 2 is 1.72 bits per heavy atom. The lowest BCUT2D eigenvalue weighted by atomic mass is 9.74. The van der Waals surface area contributed by atoms with Crippen molar-refractivity contribution in [3.63, 3.8) is 0 Å². The molecule has 5 nitrogen and oxygen atoms in total. The Hall–Kier alpha value is -1.82. The molecule has 0 aliphatic heterocycles. The van der Waals surface area contributed by atoms with Crippen LogP contribution in [0.4, 0.5) is 5.13 Å². The van der Waals surface area contributed by atoms with Gasteiger partial charge in [-0.1, -0.05) is 50.2 Å². The number of hydrogen-bond acceptors (Lipinski definition) is 6. The van der Waals surface area contributed by atoms with E-state index < -0.39 is 0 Å². The summed E-state index contributed by atoms with van der Waals surface area (Å²) in [4.78, 5) is 0. The average Bonchev–Trinajstić information content (AvgIpc) is 3.00. The number of anilines is 1. The fourth-order valence-electron chi connectivity index (χ4n) is 3.48. The zero-order valence-electron chi connectivity index (χ0n) is 15.5. The van der Waals surface area contributed by atoms with Gasteiger partial charge in [0.25, 0.3) is 0 Å². The Morgan fingerprint density at radius 3 is 2.28 bits per heavy atom. The van der Waals surface area contributed by atoms with Crippen LogP contribution in [-0.4, -0.2) is 23.9 Å². The Bertz CT molecular complexity index is 639. The van der Waals surface area contributed by atoms with Gasteiger partial charge in [0, 0.05) is 6.42 Å². The third kappa shape index (κ3) is 5.59. The van der Waals surface area contributed by atoms with Gasteiger partial charge in [0.2, 0.25) is 5.13 Å². The third-order valence-corrected chi connectivity index (χ3v) is 5.28. The van der Waals surface area contributed by atoms with E-state index >= 15 is 0 Å². The number of benzene rings is 1. The molecule has 25 heavy (non-hydrogen) atoms. The van der Waals surface area contributed by atoms with Crippen molar-refractivity contribution in [2.24, 2.45) is 5.41 Å². The van der Waals surface area contributed by atoms with E-state index in [0.29, 0.717) is 11.7 Å². The monoisotopic (exact) mass is 363 g/mol. The summed E-state index contributed by atoms with van der Waals surface area (Å²) in [7, 11) is 1.67. The quantitative estimate of drug-likeness (QED) is 0.625. The van der Waals surface area contributed by atoms with E-state index in [0.717, 1.165) is 55.0 Å². The summed E-state index contributed by atoms with van der Waals surface area (Å²) < 4.78 is 11.4. The first-order valence-electron chi connectivity index (χ1n) is 8.96. The van der Waals surface area contributed by atoms with Crippen LogP contribution in [0.5, 0.6) is 11.5 Å². The standard InChI is InChI=1S/C19H29N3O2S/c1-4-10-19(11-5-2,14-17-21-22-18(20)25-17)12-13-24-16-9-7-6-8-15(16)23-3/h6-9H,4-5,10-14H2,1-3H3,(H2,20,22). The number of nitrogens with zero attached hydrogens (tertiary/aromatic N) is 2. The van der Waals surface area contributed by atoms with Crippen LogP contribution in [0, 0.1) is 5.41 Å². The van der Waals surface area contributed by atoms with Crippen molar-refractivity contribution in [3.05, 3.63) is 29.3 Å². The summed E-state index contributed by atoms with van der Waals surface area (Å²) in [6.07, 6.45) is 6.47. The van der Waals surface area contributed by atoms with Gasteiger partial charge < -0.3 is 15.2 Å². The minimum atomic E-state index is 0.178. The van der Waals surface area contributed by atoms with E-state index in [1.807, 2.05) is 24.3 Å². The molecule has 1 aromatic carbocycles. The molecule has 0 amide bonds. The molecule has 0 aliphatic carbocycles. The number of methoxy groups -OCH3 is 1. The molecule has 0 bridgehead atoms. The van der Waals surface area contributed by atoms with E-state index in [1.54, 1.807) is 7.11 Å². The molecule has 0 saturated carbocycles. The maximum atomic E-state index is 6.04. The smallest absolute Gasteiger partial charge is 0.203 e. The summed E-state index contributed by atoms with van der Waals surface area (Å²) in [6, 6.07) is 7.79. The van der Waals surface area contributed by atoms with Crippen molar-refractivity contribution in [2.75, 3.05) is 19.5 Å². The number of nitrogens with two attached hydrogens (primary N) is 1. The fourth-order valence-corrected chi connectivity index (χ4v) is 4.26. The van der Waals surface area contributed by atoms with Crippen molar-refractivity contribution in [1.29, 1.82) is 0 Å². The lowest BCUT2D eigenvalue weighted by Crippen LogP contribution is -2.26. The highest BCUT2D eigenvalue weighted by atomic mass is 32.1. The maximum absolute atomic E-state index is 6.04. The highest BCUT2D eigenvalue weighted by Gasteiger charge is 2.30. The van der Waals surface area contributed by atoms with E-state index in [1.165, 1.54) is 11.3 Å². The van der Waals surface area contributed by atoms with Crippen LogP contribution in [-0.2, 0) is 6.42 Å². The Kier molecular flexibility index (Phi) is 7.50. The first-order valence-corrected chi connectivity index (χ1v) is 9.78. The van der Waals surface area contributed by atoms with Crippen LogP contribution in [0.3, 0.4) is 0 Å². The van der Waals surface area contributed by atoms with Crippen molar-refractivity contribution in [1.82, 2.24) is 10.2 Å². The minimum Gasteiger partial charge on any atom is -0.493 e. The molecule has 2 rings (SSSR count). The van der Waals surface area contributed by atoms with Gasteiger partial charge in [0.05, 0.1) is 13.7 Å². The normalized spacial score (nSPS) is 11.5. The van der Waals surface area contributed by atoms with Crippen molar-refractivity contribution in [2.45, 2.75) is 52.4 Å². The molecule has 0 atom stereocenters. The lowest BCUT2D eigenvalue weighted by Gasteiger charge is -2.33. The molecule has 0 unspecified atom stereocenters. The van der Waals surface area contributed by atoms with Crippen LogP contribution >= 0.6 is 11.3 Å². The van der Waals surface area contributed by atoms with Crippen molar-refractivity contribution in [3.8, 4) is 11.5 Å². The highest BCUT2D eigenvalue weighted by Crippen LogP contribution is 2.39. The maximum Gasteiger partial charge on any atom is 0.203 e. The summed E-state index contributed by atoms with van der Waals surface area (Å²) >= 11 is 1.50. The van der Waals surface area contributed by atoms with Gasteiger partial charge in [0.1, 0.15) is 5.01 Å². The molecular weight excluding hydrogens is 334 g/mol. The molecule has 2 aromatic rings. The largest absolute Gasteiger partial charge is 0.493 e. The summed E-state index contributed by atoms with van der Waals surface area (Å²) in [5, 5.41) is 9.78. The first-order chi connectivity index (χ1) is 12.1. The molecule has 0 spiro atoms. The molecule has 2 N–H and O–H groups in total. The molecule has 1 heterocycles. The number of ether oxygens (including phenoxy) is 2. The van der Waals surface area contributed by atoms with E-state index in [2.05, 4.69) is 24.0 Å². The SMILES string of the molecule is CCCC(CCC)(CCOc1ccccc1OC)Cc1nnc(N)s1. The molecule has 138 valence electrons. The third-order valence-electron chi connectivity index (χ3n) is 4.53. The molecule has 0 saturated heterocycles. The topological polar surface area (TPSA) is 70.3 Å². The summed E-state index contributed by atoms with van der Waals surface area (Å²) in [5.41, 5.74) is 5.94. The fraction of sp³-hybridized carbons (Fsp3) is 0.579. The van der Waals surface area contributed by atoms with Gasteiger partial charge in [-0.25, -0.2) is 0 Å². The number of rotatable bonds is 11. The number of hydrogen-bond donors (Lipinski definition) is 1. The molecule has 0 radical (unpaired) electrons. The second-order valence-corrected chi connectivity index (χ2v) is 7.55. The van der Waals surface area contributed by atoms with Crippen LogP contribution in [0.15, 0.2) is 24.3 Å². The van der Waals surface area contributed by atoms with E-state index in [9.17, 15) is 0 Å². The van der Waals surface area contributed by atoms with Crippen molar-refractivity contribution >= 4 is 16.5 Å². The predicted octanol–water partition coefficient (Wildman–Crippen LogP) is 4.73. The molecular formula is C19H29N3O2S. The average molecular weight is 364 g/mol. The van der Waals surface area contributed by atoms with Crippen LogP contribution in [0.25, 0.3) is 0 Å². The van der Waals surface area contributed by atoms with Gasteiger partial charge >= 0.3 is 0 Å². The molecule has 0 fully saturated rings. The minimum absolute atomic E-state index is 0.178. The van der Waals surface area contributed by atoms with Gasteiger partial charge in [-0.3, -0.25) is 0 Å². The van der Waals surface area contributed by atoms with Crippen LogP contribution in [0.1, 0.15) is 51.0 Å². The highest BCUT2D eigenvalue weighted by molar-refractivity contribution is 7.15. The Balaban J connectivity index is 2.06. The van der Waals surface area contributed by atoms with E-state index in [4.69, 9.17) is 15.2 Å². The van der Waals surface area contributed by atoms with Crippen LogP contribution in [0.2, 0.25) is 0 Å². The Labute approximate surface area is 154 Å². The first kappa shape index (κ1) is 19.5. The second kappa shape index (κ2) is 9.61. The van der Waals surface area contributed by atoms with Gasteiger partial charge in [-0.15, -0.1) is 10.2 Å². The summed E-state index contributed by atoms with van der Waals surface area (Å²) in [5.74, 6) is 1.57. The van der Waals surface area contributed by atoms with Gasteiger partial charge in [-0.05, 0) is 36.8 Å². The lowest BCUT2D eigenvalue weighted by molar-refractivity contribution is 0.160. The molecule has 0 aliphatic rings. The van der Waals surface area contributed by atoms with E-state index in [-0.39, 0.29) is 5.41 Å². The Morgan fingerprint density at radius 1 is 1.04 bits per heavy atom. The number of para-hydroxylation sites is 2. The zero-order valence-corrected chi connectivity index (χ0v) is 16.3. The predicted molar refractivity (Wildman–Crippen MR) is 103 cm³/mol. The van der Waals surface area contributed by atoms with Gasteiger partial charge in [0.15, 0.2) is 11.5 Å². The van der Waals surface area contributed by atoms with Gasteiger partial charge in [-0.2, -0.15) is 0 Å². The zero-order chi connectivity index (χ0) is 18.1. The number of nitrogen functional groups attached to an aromatic ring is 1. The number of aromatic nitrogens is 2. The van der Waals surface area contributed by atoms with Crippen molar-refractivity contribution < 1.29 is 9.47 Å². The molecule has 6 heteroatoms. The molecule has 1 aromatic heterocycles.